The summed E-state index contributed by atoms with van der Waals surface area (Å²) in [5.41, 5.74) is 18.3. The minimum atomic E-state index is -1.88. The number of rotatable bonds is 15. The number of nitrogen functional groups attached to an aromatic ring is 2. The van der Waals surface area contributed by atoms with E-state index in [1.165, 1.54) is 6.33 Å². The molecular formula is C57H88N10O6Si3. The van der Waals surface area contributed by atoms with Crippen molar-refractivity contribution in [3.8, 4) is 11.8 Å². The van der Waals surface area contributed by atoms with E-state index in [-0.39, 0.29) is 45.1 Å². The number of imidazole rings is 2. The molecule has 4 aromatic heterocycles. The van der Waals surface area contributed by atoms with Crippen LogP contribution in [-0.2, 0) is 26.5 Å². The van der Waals surface area contributed by atoms with Crippen molar-refractivity contribution in [2.24, 2.45) is 17.8 Å². The van der Waals surface area contributed by atoms with Gasteiger partial charge < -0.3 is 48.9 Å². The van der Waals surface area contributed by atoms with Gasteiger partial charge in [0.1, 0.15) is 18.7 Å². The molecule has 16 nitrogen and oxygen atoms in total. The molecule has 6 atom stereocenters. The van der Waals surface area contributed by atoms with Crippen LogP contribution in [-0.4, -0.2) is 94.9 Å². The van der Waals surface area contributed by atoms with Crippen molar-refractivity contribution in [3.05, 3.63) is 109 Å². The standard InChI is InChI=1S/C26H37N5O2Si.C19H40O3Si2.C12H11N5O/c1-17-13-21(18(2)20(17)15-33-34(6,7)26(3,4)5)31-16-28-22-23(31)29-25(27)30-24(22)32-14-19-11-9-8-10-12-19;1-14-15(13-21-23(8,9)18(2,3)4)17(12-16(14)20)22-24(10,11)19(5,6)7;13-12-16-10-9(14-7-15-10)11(17-12)18-6-8-4-2-1-3-5-8/h8-12,16-17,20-21H,2,13-15H2,1,3-7H3,(H2,27,29,30);15-17,20H,1,12-13H2,2-11H3;1-5,7H,6H2,(H3,13,14,15,16,17)/t17-,20+,21-;15-,16+,17-;/m00./s1. The second-order valence-electron chi connectivity index (χ2n) is 25.2. The van der Waals surface area contributed by atoms with Gasteiger partial charge in [0, 0.05) is 31.5 Å². The Morgan fingerprint density at radius 2 is 1.16 bits per heavy atom. The quantitative estimate of drug-likeness (QED) is 0.0556. The molecule has 2 fully saturated rings. The number of ether oxygens (including phenoxy) is 2. The summed E-state index contributed by atoms with van der Waals surface area (Å²) in [6, 6.07) is 19.9. The summed E-state index contributed by atoms with van der Waals surface area (Å²) in [6.45, 7) is 47.1. The number of aromatic nitrogens is 8. The zero-order valence-electron chi connectivity index (χ0n) is 48.3. The number of hydrogen-bond acceptors (Lipinski definition) is 14. The van der Waals surface area contributed by atoms with Gasteiger partial charge in [-0.1, -0.05) is 143 Å². The number of anilines is 2. The average Bonchev–Trinajstić information content (AvgIpc) is 4.10. The SMILES string of the molecule is C=C1[C@H](CO[Si](C)(C)C(C)(C)C)[C@@H](C)C[C@@H]1n1cnc2c(OCc3ccccc3)nc(N)nc21.C=C1[C@H](O)C[C@H](O[Si](C)(C)C(C)(C)C)[C@H]1CO[Si](C)(C)C(C)(C)C.Nc1nc(OCc2ccccc2)c2[nH]cnc2n1. The highest BCUT2D eigenvalue weighted by Crippen LogP contribution is 2.47. The number of benzene rings is 2. The summed E-state index contributed by atoms with van der Waals surface area (Å²) >= 11 is 0. The third kappa shape index (κ3) is 14.4. The zero-order chi connectivity index (χ0) is 56.2. The van der Waals surface area contributed by atoms with E-state index >= 15 is 0 Å². The van der Waals surface area contributed by atoms with Crippen molar-refractivity contribution in [3.63, 3.8) is 0 Å². The van der Waals surface area contributed by atoms with E-state index in [1.54, 1.807) is 0 Å². The number of aliphatic hydroxyl groups is 1. The van der Waals surface area contributed by atoms with Crippen LogP contribution in [0.2, 0.25) is 54.4 Å². The summed E-state index contributed by atoms with van der Waals surface area (Å²) in [5, 5.41) is 10.8. The van der Waals surface area contributed by atoms with Crippen LogP contribution in [0.4, 0.5) is 11.9 Å². The summed E-state index contributed by atoms with van der Waals surface area (Å²) in [7, 11) is -5.52. The van der Waals surface area contributed by atoms with Crippen molar-refractivity contribution in [2.45, 2.75) is 168 Å². The summed E-state index contributed by atoms with van der Waals surface area (Å²) < 4.78 is 33.3. The first-order valence-corrected chi connectivity index (χ1v) is 35.3. The highest BCUT2D eigenvalue weighted by atomic mass is 28.4. The van der Waals surface area contributed by atoms with Crippen LogP contribution in [0.15, 0.2) is 97.6 Å². The first-order valence-electron chi connectivity index (χ1n) is 26.6. The maximum atomic E-state index is 10.3. The molecule has 0 radical (unpaired) electrons. The van der Waals surface area contributed by atoms with Gasteiger partial charge in [-0.2, -0.15) is 19.9 Å². The molecule has 414 valence electrons. The molecule has 6 aromatic rings. The van der Waals surface area contributed by atoms with E-state index in [4.69, 9.17) is 34.2 Å². The van der Waals surface area contributed by atoms with E-state index in [0.717, 1.165) is 28.7 Å². The molecule has 6 N–H and O–H groups in total. The minimum Gasteiger partial charge on any atom is -0.471 e. The topological polar surface area (TPSA) is 216 Å². The Labute approximate surface area is 455 Å². The maximum Gasteiger partial charge on any atom is 0.247 e. The van der Waals surface area contributed by atoms with E-state index in [9.17, 15) is 5.11 Å². The van der Waals surface area contributed by atoms with Crippen molar-refractivity contribution < 1.29 is 27.9 Å². The Bertz CT molecular complexity index is 2890. The molecule has 19 heteroatoms. The monoisotopic (exact) mass is 1090 g/mol. The van der Waals surface area contributed by atoms with Gasteiger partial charge in [0.15, 0.2) is 41.8 Å². The average molecular weight is 1090 g/mol. The summed E-state index contributed by atoms with van der Waals surface area (Å²) in [5.74, 6) is 1.99. The molecule has 0 spiro atoms. The van der Waals surface area contributed by atoms with Crippen LogP contribution in [0.25, 0.3) is 22.3 Å². The molecule has 2 aliphatic rings. The van der Waals surface area contributed by atoms with Crippen LogP contribution >= 0.6 is 0 Å². The van der Waals surface area contributed by atoms with Gasteiger partial charge in [-0.15, -0.1) is 0 Å². The lowest BCUT2D eigenvalue weighted by molar-refractivity contribution is 0.103. The van der Waals surface area contributed by atoms with Gasteiger partial charge in [-0.25, -0.2) is 9.97 Å². The van der Waals surface area contributed by atoms with Crippen molar-refractivity contribution >= 4 is 59.2 Å². The lowest BCUT2D eigenvalue weighted by Crippen LogP contribution is -2.47. The predicted octanol–water partition coefficient (Wildman–Crippen LogP) is 12.6. The number of H-pyrrole nitrogens is 1. The molecule has 2 aliphatic carbocycles. The maximum absolute atomic E-state index is 10.3. The zero-order valence-corrected chi connectivity index (χ0v) is 51.3. The Balaban J connectivity index is 0.000000195. The van der Waals surface area contributed by atoms with Gasteiger partial charge in [0.2, 0.25) is 23.7 Å². The van der Waals surface area contributed by atoms with Gasteiger partial charge in [0.25, 0.3) is 0 Å². The smallest absolute Gasteiger partial charge is 0.247 e. The van der Waals surface area contributed by atoms with Crippen molar-refractivity contribution in [1.29, 1.82) is 0 Å². The molecule has 0 amide bonds. The second kappa shape index (κ2) is 23.8. The molecule has 0 aliphatic heterocycles. The van der Waals surface area contributed by atoms with Crippen LogP contribution < -0.4 is 20.9 Å². The van der Waals surface area contributed by atoms with E-state index < -0.39 is 31.1 Å². The number of nitrogens with one attached hydrogen (secondary N) is 1. The second-order valence-corrected chi connectivity index (χ2v) is 39.5. The molecule has 2 aromatic carbocycles. The number of hydrogen-bond donors (Lipinski definition) is 4. The van der Waals surface area contributed by atoms with Crippen LogP contribution in [0.5, 0.6) is 11.8 Å². The fraction of sp³-hybridized carbons (Fsp3) is 0.544. The molecule has 2 saturated carbocycles. The summed E-state index contributed by atoms with van der Waals surface area (Å²) in [4.78, 5) is 28.5. The first kappa shape index (κ1) is 59.9. The Kier molecular flexibility index (Phi) is 18.7. The third-order valence-corrected chi connectivity index (χ3v) is 30.1. The highest BCUT2D eigenvalue weighted by Gasteiger charge is 2.47. The normalized spacial score (nSPS) is 20.6. The summed E-state index contributed by atoms with van der Waals surface area (Å²) in [6.07, 6.45) is 4.52. The number of nitrogens with two attached hydrogens (primary N) is 2. The number of fused-ring (bicyclic) bond motifs is 2. The molecule has 0 unspecified atom stereocenters. The van der Waals surface area contributed by atoms with Gasteiger partial charge in [-0.05, 0) is 89.0 Å². The number of aromatic amines is 1. The highest BCUT2D eigenvalue weighted by molar-refractivity contribution is 6.75. The largest absolute Gasteiger partial charge is 0.471 e. The Morgan fingerprint density at radius 3 is 1.70 bits per heavy atom. The first-order chi connectivity index (χ1) is 35.3. The lowest BCUT2D eigenvalue weighted by Gasteiger charge is -2.41. The van der Waals surface area contributed by atoms with Crippen molar-refractivity contribution in [2.75, 3.05) is 24.7 Å². The molecule has 4 heterocycles. The predicted molar refractivity (Wildman–Crippen MR) is 314 cm³/mol. The number of aliphatic hydroxyl groups excluding tert-OH is 1. The third-order valence-electron chi connectivity index (χ3n) is 16.6. The molecule has 8 rings (SSSR count). The van der Waals surface area contributed by atoms with E-state index in [1.807, 2.05) is 67.0 Å². The Morgan fingerprint density at radius 1 is 0.658 bits per heavy atom. The molecule has 76 heavy (non-hydrogen) atoms. The molecular weight excluding hydrogens is 1000 g/mol. The van der Waals surface area contributed by atoms with Gasteiger partial charge in [0.05, 0.1) is 30.9 Å². The fourth-order valence-corrected chi connectivity index (χ4v) is 11.8. The van der Waals surface area contributed by atoms with Gasteiger partial charge >= 0.3 is 0 Å². The fourth-order valence-electron chi connectivity index (χ4n) is 8.41. The van der Waals surface area contributed by atoms with Crippen LogP contribution in [0.1, 0.15) is 99.2 Å². The van der Waals surface area contributed by atoms with E-state index in [2.05, 4.69) is 161 Å². The van der Waals surface area contributed by atoms with Crippen LogP contribution in [0, 0.1) is 17.8 Å². The number of nitrogens with zero attached hydrogens (tertiary/aromatic N) is 7. The minimum absolute atomic E-state index is 0.0261. The van der Waals surface area contributed by atoms with Gasteiger partial charge in [-0.3, -0.25) is 0 Å². The van der Waals surface area contributed by atoms with Crippen LogP contribution in [0.3, 0.4) is 0 Å². The van der Waals surface area contributed by atoms with E-state index in [0.29, 0.717) is 78.8 Å². The van der Waals surface area contributed by atoms with Crippen molar-refractivity contribution in [1.82, 2.24) is 39.5 Å². The lowest BCUT2D eigenvalue weighted by atomic mass is 9.97. The Hall–Kier alpha value is -5.29. The molecule has 0 saturated heterocycles. The molecule has 0 bridgehead atoms.